The van der Waals surface area contributed by atoms with Crippen LogP contribution < -0.4 is 5.32 Å². The molecule has 0 atom stereocenters. The van der Waals surface area contributed by atoms with Gasteiger partial charge in [0.1, 0.15) is 0 Å². The highest BCUT2D eigenvalue weighted by Crippen LogP contribution is 2.17. The minimum atomic E-state index is 0.632. The maximum atomic E-state index is 8.97. The molecule has 1 aromatic carbocycles. The molecular formula is C13H16N2S. The summed E-state index contributed by atoms with van der Waals surface area (Å²) in [4.78, 5) is 0. The Bertz CT molecular complexity index is 378. The van der Waals surface area contributed by atoms with Gasteiger partial charge in [-0.25, -0.2) is 0 Å². The van der Waals surface area contributed by atoms with Crippen LogP contribution in [0.1, 0.15) is 24.0 Å². The lowest BCUT2D eigenvalue weighted by molar-refractivity contribution is 0.482. The average molecular weight is 232 g/mol. The summed E-state index contributed by atoms with van der Waals surface area (Å²) in [6.45, 7) is 0.819. The average Bonchev–Trinajstić information content (AvgIpc) is 2.38. The van der Waals surface area contributed by atoms with Gasteiger partial charge in [0.05, 0.1) is 11.6 Å². The summed E-state index contributed by atoms with van der Waals surface area (Å²) in [7, 11) is 0. The van der Waals surface area contributed by atoms with Crippen molar-refractivity contribution in [1.82, 2.24) is 5.32 Å². The van der Waals surface area contributed by atoms with Gasteiger partial charge in [-0.15, -0.1) is 0 Å². The van der Waals surface area contributed by atoms with Crippen molar-refractivity contribution in [3.63, 3.8) is 0 Å². The number of nitriles is 1. The number of hydrogen-bond donors (Lipinski definition) is 1. The summed E-state index contributed by atoms with van der Waals surface area (Å²) in [6, 6.07) is 10.7. The molecule has 84 valence electrons. The second-order valence-electron chi connectivity index (χ2n) is 4.04. The number of thioether (sulfide) groups is 1. The van der Waals surface area contributed by atoms with Gasteiger partial charge in [0.2, 0.25) is 0 Å². The molecule has 0 amide bonds. The van der Waals surface area contributed by atoms with Gasteiger partial charge in [-0.3, -0.25) is 0 Å². The summed E-state index contributed by atoms with van der Waals surface area (Å²) in [5.74, 6) is 2.52. The maximum absolute atomic E-state index is 8.97. The van der Waals surface area contributed by atoms with Crippen LogP contribution in [0.3, 0.4) is 0 Å². The Balaban J connectivity index is 1.91. The Hall–Kier alpha value is -0.980. The van der Waals surface area contributed by atoms with E-state index in [0.717, 1.165) is 17.7 Å². The third kappa shape index (κ3) is 3.01. The molecular weight excluding hydrogens is 216 g/mol. The fourth-order valence-electron chi connectivity index (χ4n) is 1.94. The molecule has 0 aliphatic carbocycles. The lowest BCUT2D eigenvalue weighted by Gasteiger charge is -2.22. The quantitative estimate of drug-likeness (QED) is 0.870. The van der Waals surface area contributed by atoms with E-state index in [1.807, 2.05) is 36.0 Å². The topological polar surface area (TPSA) is 35.8 Å². The Labute approximate surface area is 101 Å². The molecule has 0 unspecified atom stereocenters. The zero-order valence-electron chi connectivity index (χ0n) is 9.28. The summed E-state index contributed by atoms with van der Waals surface area (Å²) in [5.41, 5.74) is 1.91. The first-order chi connectivity index (χ1) is 7.90. The molecule has 0 bridgehead atoms. The molecule has 1 aliphatic heterocycles. The van der Waals surface area contributed by atoms with Gasteiger partial charge >= 0.3 is 0 Å². The van der Waals surface area contributed by atoms with Gasteiger partial charge in [-0.05, 0) is 36.0 Å². The molecule has 0 spiro atoms. The third-order valence-corrected chi connectivity index (χ3v) is 3.99. The van der Waals surface area contributed by atoms with E-state index >= 15 is 0 Å². The molecule has 0 aromatic heterocycles. The molecule has 1 aliphatic rings. The Kier molecular flexibility index (Phi) is 4.26. The molecule has 1 heterocycles. The van der Waals surface area contributed by atoms with Gasteiger partial charge in [0, 0.05) is 12.6 Å². The standard InChI is InChI=1S/C13H16N2S/c14-9-11-3-1-2-4-12(11)10-15-13-5-7-16-8-6-13/h1-4,13,15H,5-8,10H2. The second kappa shape index (κ2) is 5.93. The monoisotopic (exact) mass is 232 g/mol. The van der Waals surface area contributed by atoms with Crippen LogP contribution in [-0.4, -0.2) is 17.5 Å². The van der Waals surface area contributed by atoms with Gasteiger partial charge < -0.3 is 5.32 Å². The highest BCUT2D eigenvalue weighted by molar-refractivity contribution is 7.99. The molecule has 16 heavy (non-hydrogen) atoms. The van der Waals surface area contributed by atoms with E-state index in [9.17, 15) is 0 Å². The Morgan fingerprint density at radius 2 is 2.06 bits per heavy atom. The summed E-state index contributed by atoms with van der Waals surface area (Å²) in [6.07, 6.45) is 2.50. The largest absolute Gasteiger partial charge is 0.310 e. The summed E-state index contributed by atoms with van der Waals surface area (Å²) < 4.78 is 0. The normalized spacial score (nSPS) is 16.9. The van der Waals surface area contributed by atoms with Crippen LogP contribution in [0.15, 0.2) is 24.3 Å². The zero-order valence-corrected chi connectivity index (χ0v) is 10.1. The van der Waals surface area contributed by atoms with E-state index < -0.39 is 0 Å². The van der Waals surface area contributed by atoms with E-state index in [0.29, 0.717) is 6.04 Å². The Morgan fingerprint density at radius 3 is 2.81 bits per heavy atom. The van der Waals surface area contributed by atoms with Gasteiger partial charge in [-0.2, -0.15) is 17.0 Å². The summed E-state index contributed by atoms with van der Waals surface area (Å²) >= 11 is 2.04. The first kappa shape index (κ1) is 11.5. The van der Waals surface area contributed by atoms with Crippen LogP contribution in [0.4, 0.5) is 0 Å². The van der Waals surface area contributed by atoms with Crippen LogP contribution in [0.2, 0.25) is 0 Å². The SMILES string of the molecule is N#Cc1ccccc1CNC1CCSCC1. The van der Waals surface area contributed by atoms with Crippen LogP contribution in [0.5, 0.6) is 0 Å². The lowest BCUT2D eigenvalue weighted by atomic mass is 10.1. The third-order valence-electron chi connectivity index (χ3n) is 2.94. The number of nitrogens with zero attached hydrogens (tertiary/aromatic N) is 1. The van der Waals surface area contributed by atoms with Crippen molar-refractivity contribution >= 4 is 11.8 Å². The van der Waals surface area contributed by atoms with E-state index in [1.165, 1.54) is 24.3 Å². The van der Waals surface area contributed by atoms with Crippen molar-refractivity contribution in [3.8, 4) is 6.07 Å². The van der Waals surface area contributed by atoms with E-state index in [2.05, 4.69) is 11.4 Å². The number of nitrogens with one attached hydrogen (secondary N) is 1. The minimum absolute atomic E-state index is 0.632. The predicted octanol–water partition coefficient (Wildman–Crippen LogP) is 2.54. The molecule has 2 nitrogen and oxygen atoms in total. The highest BCUT2D eigenvalue weighted by Gasteiger charge is 2.13. The fraction of sp³-hybridized carbons (Fsp3) is 0.462. The molecule has 2 rings (SSSR count). The van der Waals surface area contributed by atoms with Crippen LogP contribution in [0, 0.1) is 11.3 Å². The van der Waals surface area contributed by atoms with Crippen molar-refractivity contribution in [3.05, 3.63) is 35.4 Å². The van der Waals surface area contributed by atoms with Crippen molar-refractivity contribution in [2.45, 2.75) is 25.4 Å². The zero-order chi connectivity index (χ0) is 11.2. The first-order valence-corrected chi connectivity index (χ1v) is 6.85. The number of hydrogen-bond acceptors (Lipinski definition) is 3. The maximum Gasteiger partial charge on any atom is 0.0995 e. The Morgan fingerprint density at radius 1 is 1.31 bits per heavy atom. The van der Waals surface area contributed by atoms with E-state index in [-0.39, 0.29) is 0 Å². The molecule has 0 saturated carbocycles. The van der Waals surface area contributed by atoms with E-state index in [4.69, 9.17) is 5.26 Å². The predicted molar refractivity (Wildman–Crippen MR) is 68.3 cm³/mol. The van der Waals surface area contributed by atoms with Gasteiger partial charge in [0.15, 0.2) is 0 Å². The molecule has 3 heteroatoms. The fourth-order valence-corrected chi connectivity index (χ4v) is 3.05. The van der Waals surface area contributed by atoms with Crippen LogP contribution in [-0.2, 0) is 6.54 Å². The van der Waals surface area contributed by atoms with E-state index in [1.54, 1.807) is 0 Å². The lowest BCUT2D eigenvalue weighted by Crippen LogP contribution is -2.32. The van der Waals surface area contributed by atoms with Crippen LogP contribution >= 0.6 is 11.8 Å². The number of rotatable bonds is 3. The van der Waals surface area contributed by atoms with Gasteiger partial charge in [-0.1, -0.05) is 18.2 Å². The van der Waals surface area contributed by atoms with Crippen molar-refractivity contribution in [2.24, 2.45) is 0 Å². The summed E-state index contributed by atoms with van der Waals surface area (Å²) in [5, 5.41) is 12.5. The van der Waals surface area contributed by atoms with Crippen molar-refractivity contribution in [2.75, 3.05) is 11.5 Å². The van der Waals surface area contributed by atoms with Crippen LogP contribution in [0.25, 0.3) is 0 Å². The second-order valence-corrected chi connectivity index (χ2v) is 5.26. The smallest absolute Gasteiger partial charge is 0.0995 e. The van der Waals surface area contributed by atoms with Crippen molar-refractivity contribution in [1.29, 1.82) is 5.26 Å². The molecule has 0 radical (unpaired) electrons. The number of benzene rings is 1. The molecule has 1 N–H and O–H groups in total. The van der Waals surface area contributed by atoms with Crippen molar-refractivity contribution < 1.29 is 0 Å². The minimum Gasteiger partial charge on any atom is -0.310 e. The molecule has 1 fully saturated rings. The molecule has 1 saturated heterocycles. The molecule has 1 aromatic rings. The first-order valence-electron chi connectivity index (χ1n) is 5.69. The highest BCUT2D eigenvalue weighted by atomic mass is 32.2. The van der Waals surface area contributed by atoms with Gasteiger partial charge in [0.25, 0.3) is 0 Å².